The lowest BCUT2D eigenvalue weighted by Gasteiger charge is -2.39. The number of halogens is 1. The van der Waals surface area contributed by atoms with Crippen LogP contribution in [0.3, 0.4) is 0 Å². The summed E-state index contributed by atoms with van der Waals surface area (Å²) < 4.78 is 3.44. The highest BCUT2D eigenvalue weighted by molar-refractivity contribution is 14.1. The van der Waals surface area contributed by atoms with E-state index >= 15 is 0 Å². The van der Waals surface area contributed by atoms with Crippen LogP contribution in [-0.2, 0) is 18.3 Å². The number of hydrogen-bond donors (Lipinski definition) is 2. The molecule has 0 amide bonds. The van der Waals surface area contributed by atoms with Gasteiger partial charge in [-0.3, -0.25) is 10.1 Å². The van der Waals surface area contributed by atoms with Crippen LogP contribution < -0.4 is 5.09 Å². The van der Waals surface area contributed by atoms with Crippen LogP contribution in [-0.4, -0.2) is 52.4 Å². The monoisotopic (exact) mass is 1060 g/mol. The van der Waals surface area contributed by atoms with Crippen molar-refractivity contribution >= 4 is 41.8 Å². The summed E-state index contributed by atoms with van der Waals surface area (Å²) in [6.45, 7) is 17.5. The molecule has 0 aliphatic heterocycles. The molecule has 1 fully saturated rings. The van der Waals surface area contributed by atoms with Gasteiger partial charge in [-0.25, -0.2) is 15.0 Å². The topological polar surface area (TPSA) is 113 Å². The van der Waals surface area contributed by atoms with Gasteiger partial charge in [-0.15, -0.1) is 0 Å². The van der Waals surface area contributed by atoms with E-state index in [2.05, 4.69) is 174 Å². The maximum absolute atomic E-state index is 10.2. The fourth-order valence-corrected chi connectivity index (χ4v) is 10.7. The lowest BCUT2D eigenvalue weighted by molar-refractivity contribution is 0.406. The van der Waals surface area contributed by atoms with Gasteiger partial charge in [0.25, 0.3) is 0 Å². The van der Waals surface area contributed by atoms with E-state index in [0.29, 0.717) is 30.2 Å². The molecule has 69 heavy (non-hydrogen) atoms. The van der Waals surface area contributed by atoms with E-state index < -0.39 is 0 Å². The van der Waals surface area contributed by atoms with Crippen LogP contribution in [0.2, 0.25) is 0 Å². The molecule has 0 bridgehead atoms. The molecule has 2 aliphatic rings. The Hall–Kier alpha value is -4.75. The number of pyridine rings is 1. The zero-order valence-corrected chi connectivity index (χ0v) is 45.6. The molecule has 2 aliphatic carbocycles. The number of unbranched alkanes of at least 4 members (excludes halogenated alkanes) is 1. The number of hydrogen-bond acceptors (Lipinski definition) is 7. The smallest absolute Gasteiger partial charge is 0.163 e. The van der Waals surface area contributed by atoms with Crippen LogP contribution in [0.1, 0.15) is 140 Å². The van der Waals surface area contributed by atoms with Gasteiger partial charge < -0.3 is 9.67 Å². The molecule has 10 heteroatoms. The Balaban J connectivity index is 0.000000257. The fourth-order valence-electron chi connectivity index (χ4n) is 9.16. The lowest BCUT2D eigenvalue weighted by atomic mass is 9.64. The van der Waals surface area contributed by atoms with E-state index in [1.807, 2.05) is 56.0 Å². The number of nitriles is 1. The Morgan fingerprint density at radius 3 is 2.13 bits per heavy atom. The highest BCUT2D eigenvalue weighted by Crippen LogP contribution is 2.48. The highest BCUT2D eigenvalue weighted by atomic mass is 127. The van der Waals surface area contributed by atoms with Gasteiger partial charge in [0.05, 0.1) is 18.1 Å². The summed E-state index contributed by atoms with van der Waals surface area (Å²) in [5, 5.41) is 21.5. The molecule has 366 valence electrons. The average molecular weight is 1060 g/mol. The number of imidazole rings is 1. The number of nitrogens with one attached hydrogen (secondary N) is 1. The molecular formula is C59H77IN7OP. The number of rotatable bonds is 16. The first-order valence-electron chi connectivity index (χ1n) is 25.2. The predicted octanol–water partition coefficient (Wildman–Crippen LogP) is 15.6. The molecule has 8 nitrogen and oxygen atoms in total. The first kappa shape index (κ1) is 55.2. The Kier molecular flexibility index (Phi) is 23.0. The number of aryl methyl sites for hydroxylation is 3. The molecule has 3 aromatic carbocycles. The molecule has 0 saturated heterocycles. The largest absolute Gasteiger partial charge is 0.508 e. The van der Waals surface area contributed by atoms with E-state index in [1.54, 1.807) is 6.33 Å². The summed E-state index contributed by atoms with van der Waals surface area (Å²) in [7, 11) is 0.0710. The van der Waals surface area contributed by atoms with Crippen molar-refractivity contribution < 1.29 is 5.11 Å². The van der Waals surface area contributed by atoms with Gasteiger partial charge in [-0.05, 0) is 180 Å². The zero-order valence-electron chi connectivity index (χ0n) is 42.6. The van der Waals surface area contributed by atoms with E-state index in [9.17, 15) is 5.11 Å². The Bertz CT molecular complexity index is 2470. The third-order valence-corrected chi connectivity index (χ3v) is 16.4. The number of nitrogens with zero attached hydrogens (tertiary/aromatic N) is 6. The zero-order chi connectivity index (χ0) is 49.6. The van der Waals surface area contributed by atoms with Gasteiger partial charge in [0.2, 0.25) is 0 Å². The van der Waals surface area contributed by atoms with Gasteiger partial charge in [0.15, 0.2) is 5.65 Å². The molecule has 0 spiro atoms. The van der Waals surface area contributed by atoms with Gasteiger partial charge in [0, 0.05) is 36.3 Å². The Labute approximate surface area is 429 Å². The Morgan fingerprint density at radius 1 is 0.884 bits per heavy atom. The van der Waals surface area contributed by atoms with E-state index in [4.69, 9.17) is 10.2 Å². The van der Waals surface area contributed by atoms with Crippen LogP contribution >= 0.6 is 30.7 Å². The van der Waals surface area contributed by atoms with Crippen LogP contribution in [0.15, 0.2) is 134 Å². The number of aromatic hydroxyl groups is 1. The molecule has 2 N–H and O–H groups in total. The highest BCUT2D eigenvalue weighted by Gasteiger charge is 2.39. The number of benzene rings is 3. The number of fused-ring (bicyclic) bond motifs is 1. The van der Waals surface area contributed by atoms with E-state index in [0.717, 1.165) is 91.2 Å². The molecule has 8 rings (SSSR count). The molecule has 4 unspecified atom stereocenters. The van der Waals surface area contributed by atoms with Gasteiger partial charge in [0.1, 0.15) is 17.6 Å². The fraction of sp³-hybridized carbons (Fsp3) is 0.441. The van der Waals surface area contributed by atoms with E-state index in [1.165, 1.54) is 45.4 Å². The van der Waals surface area contributed by atoms with Crippen molar-refractivity contribution in [3.8, 4) is 22.9 Å². The molecule has 1 saturated carbocycles. The lowest BCUT2D eigenvalue weighted by Crippen LogP contribution is -2.31. The van der Waals surface area contributed by atoms with Crippen molar-refractivity contribution in [2.45, 2.75) is 149 Å². The molecule has 6 aromatic rings. The van der Waals surface area contributed by atoms with Gasteiger partial charge >= 0.3 is 0 Å². The van der Waals surface area contributed by atoms with Crippen LogP contribution in [0.5, 0.6) is 5.75 Å². The second-order valence-electron chi connectivity index (χ2n) is 18.9. The Morgan fingerprint density at radius 2 is 1.57 bits per heavy atom. The second kappa shape index (κ2) is 28.8. The third-order valence-electron chi connectivity index (χ3n) is 13.2. The average Bonchev–Trinajstić information content (AvgIpc) is 4.04. The third kappa shape index (κ3) is 16.1. The minimum Gasteiger partial charge on any atom is -0.508 e. The minimum absolute atomic E-state index is 0.0710. The van der Waals surface area contributed by atoms with Crippen molar-refractivity contribution in [1.29, 1.82) is 5.26 Å². The van der Waals surface area contributed by atoms with Crippen molar-refractivity contribution in [2.24, 2.45) is 5.92 Å². The van der Waals surface area contributed by atoms with Gasteiger partial charge in [-0.2, -0.15) is 5.26 Å². The summed E-state index contributed by atoms with van der Waals surface area (Å²) >= 11 is 2.43. The molecule has 4 atom stereocenters. The first-order chi connectivity index (χ1) is 33.4. The minimum atomic E-state index is -0.251. The standard InChI is InChI=1S/C35H39IN4O.C13H13N.C7H18NP.C4H7N/c1-25-9-12-28(13-10-25)35(27-6-3-2-4-7-27,29-14-17-31(41)18-15-29)20-19-26-11-16-30(22-26)40-24-39-33-32(8-5-21-36)37-23-38-34(33)40;1-2-11-3-5-12(6-4-11)13-7-9-14-10-8-13;1-6(2)8-9(5)7(3)4;1-2-3-4-5/h3,6-7,9-10,12-15,17-18,23-24,26,30,41H,2,4-5,8,11,16,19-22H2,1H3;3-10H,2H2,1H3;6-8H,1-5H3;2-3H2,1H3. The van der Waals surface area contributed by atoms with Crippen molar-refractivity contribution in [3.63, 3.8) is 0 Å². The predicted molar refractivity (Wildman–Crippen MR) is 300 cm³/mol. The summed E-state index contributed by atoms with van der Waals surface area (Å²) in [5.74, 6) is 0.945. The molecular weight excluding hydrogens is 981 g/mol. The number of phenolic OH excluding ortho intramolecular Hbond substituents is 1. The van der Waals surface area contributed by atoms with Gasteiger partial charge in [-0.1, -0.05) is 135 Å². The van der Waals surface area contributed by atoms with Crippen molar-refractivity contribution in [2.75, 3.05) is 11.1 Å². The second-order valence-corrected chi connectivity index (χ2v) is 22.5. The summed E-state index contributed by atoms with van der Waals surface area (Å²) in [6, 6.07) is 32.9. The number of phenols is 1. The van der Waals surface area contributed by atoms with Crippen LogP contribution in [0, 0.1) is 24.2 Å². The van der Waals surface area contributed by atoms with Crippen molar-refractivity contribution in [3.05, 3.63) is 162 Å². The van der Waals surface area contributed by atoms with Crippen LogP contribution in [0.25, 0.3) is 22.3 Å². The maximum Gasteiger partial charge on any atom is 0.163 e. The molecule has 3 aromatic heterocycles. The summed E-state index contributed by atoms with van der Waals surface area (Å²) in [4.78, 5) is 18.0. The SMILES string of the molecule is CC(C)NP(C)C(C)C.CCCC#N.CCc1ccc(-c2ccncc2)cc1.Cc1ccc(C(CCC2CCC(n3cnc4c(CCCI)ncnc43)C2)(C2=CCCC=C2)c2ccc(O)cc2)cc1. The quantitative estimate of drug-likeness (QED) is 0.0564. The normalized spacial score (nSPS) is 16.5. The molecule has 3 heterocycles. The first-order valence-corrected chi connectivity index (χ1v) is 28.6. The summed E-state index contributed by atoms with van der Waals surface area (Å²) in [5.41, 5.74) is 12.7. The number of aromatic nitrogens is 5. The summed E-state index contributed by atoms with van der Waals surface area (Å²) in [6.07, 6.45) is 27.2. The van der Waals surface area contributed by atoms with Crippen molar-refractivity contribution in [1.82, 2.24) is 29.6 Å². The number of allylic oxidation sites excluding steroid dienone is 4. The molecule has 0 radical (unpaired) electrons. The van der Waals surface area contributed by atoms with Crippen LogP contribution in [0.4, 0.5) is 0 Å². The maximum atomic E-state index is 10.2. The van der Waals surface area contributed by atoms with E-state index in [-0.39, 0.29) is 13.5 Å². The number of alkyl halides is 1.